The van der Waals surface area contributed by atoms with Crippen LogP contribution in [-0.4, -0.2) is 36.3 Å². The minimum absolute atomic E-state index is 0.211. The molecule has 1 aromatic heterocycles. The number of carbonyl (C=O) groups is 1. The Morgan fingerprint density at radius 3 is 2.83 bits per heavy atom. The summed E-state index contributed by atoms with van der Waals surface area (Å²) in [4.78, 5) is 20.4. The molecule has 1 aliphatic heterocycles. The number of rotatable bonds is 7. The minimum atomic E-state index is -0.277. The highest BCUT2D eigenvalue weighted by Crippen LogP contribution is 2.24. The van der Waals surface area contributed by atoms with Gasteiger partial charge in [0.25, 0.3) is 5.91 Å². The van der Waals surface area contributed by atoms with E-state index in [2.05, 4.69) is 5.16 Å². The highest BCUT2D eigenvalue weighted by atomic mass is 35.5. The first kappa shape index (κ1) is 20.0. The van der Waals surface area contributed by atoms with Crippen molar-refractivity contribution in [2.45, 2.75) is 19.1 Å². The Morgan fingerprint density at radius 1 is 1.20 bits per heavy atom. The average Bonchev–Trinajstić information content (AvgIpc) is 3.46. The lowest BCUT2D eigenvalue weighted by Gasteiger charge is -2.24. The standard InChI is InChI=1S/C23H21ClN2O4/c1-28-17-7-4-6-16(12-17)14-26(23(27)22-10-5-11-29-22)15-18-13-21(25-30-18)19-8-2-3-9-20(19)24/h2-12,18H,13-15H2,1H3. The number of benzene rings is 2. The van der Waals surface area contributed by atoms with Crippen molar-refractivity contribution in [3.63, 3.8) is 0 Å². The molecule has 0 saturated heterocycles. The molecule has 30 heavy (non-hydrogen) atoms. The SMILES string of the molecule is COc1cccc(CN(CC2CC(c3ccccc3Cl)=NO2)C(=O)c2ccco2)c1. The van der Waals surface area contributed by atoms with Crippen LogP contribution in [0.2, 0.25) is 5.02 Å². The predicted molar refractivity (Wildman–Crippen MR) is 114 cm³/mol. The lowest BCUT2D eigenvalue weighted by atomic mass is 10.0. The molecule has 6 nitrogen and oxygen atoms in total. The fourth-order valence-corrected chi connectivity index (χ4v) is 3.64. The summed E-state index contributed by atoms with van der Waals surface area (Å²) in [6, 6.07) is 18.5. The maximum Gasteiger partial charge on any atom is 0.289 e. The zero-order valence-corrected chi connectivity index (χ0v) is 17.2. The fraction of sp³-hybridized carbons (Fsp3) is 0.217. The summed E-state index contributed by atoms with van der Waals surface area (Å²) >= 11 is 6.29. The van der Waals surface area contributed by atoms with Gasteiger partial charge in [0.1, 0.15) is 5.75 Å². The van der Waals surface area contributed by atoms with Gasteiger partial charge < -0.3 is 18.9 Å². The van der Waals surface area contributed by atoms with Crippen LogP contribution in [0.5, 0.6) is 5.75 Å². The molecule has 0 fully saturated rings. The zero-order chi connectivity index (χ0) is 20.9. The van der Waals surface area contributed by atoms with Crippen LogP contribution in [0.15, 0.2) is 76.5 Å². The van der Waals surface area contributed by atoms with Crippen molar-refractivity contribution in [1.82, 2.24) is 4.90 Å². The second-order valence-corrected chi connectivity index (χ2v) is 7.37. The number of amides is 1. The van der Waals surface area contributed by atoms with Gasteiger partial charge in [0.15, 0.2) is 11.9 Å². The summed E-state index contributed by atoms with van der Waals surface area (Å²) < 4.78 is 10.6. The van der Waals surface area contributed by atoms with E-state index in [-0.39, 0.29) is 17.8 Å². The summed E-state index contributed by atoms with van der Waals surface area (Å²) in [5.41, 5.74) is 2.57. The molecule has 0 saturated carbocycles. The van der Waals surface area contributed by atoms with Gasteiger partial charge in [-0.25, -0.2) is 0 Å². The number of hydrogen-bond acceptors (Lipinski definition) is 5. The Labute approximate surface area is 179 Å². The zero-order valence-electron chi connectivity index (χ0n) is 16.5. The van der Waals surface area contributed by atoms with Crippen LogP contribution >= 0.6 is 11.6 Å². The Kier molecular flexibility index (Phi) is 6.05. The highest BCUT2D eigenvalue weighted by Gasteiger charge is 2.29. The molecule has 4 rings (SSSR count). The maximum absolute atomic E-state index is 13.0. The molecule has 154 valence electrons. The van der Waals surface area contributed by atoms with Gasteiger partial charge in [0.2, 0.25) is 0 Å². The highest BCUT2D eigenvalue weighted by molar-refractivity contribution is 6.34. The average molecular weight is 425 g/mol. The second-order valence-electron chi connectivity index (χ2n) is 6.96. The Balaban J connectivity index is 1.50. The second kappa shape index (κ2) is 9.05. The molecule has 1 atom stereocenters. The van der Waals surface area contributed by atoms with Gasteiger partial charge in [-0.3, -0.25) is 4.79 Å². The van der Waals surface area contributed by atoms with Gasteiger partial charge in [-0.2, -0.15) is 0 Å². The van der Waals surface area contributed by atoms with E-state index in [1.807, 2.05) is 48.5 Å². The first-order valence-corrected chi connectivity index (χ1v) is 9.95. The Hall–Kier alpha value is -3.25. The van der Waals surface area contributed by atoms with Crippen molar-refractivity contribution in [3.05, 3.63) is 88.8 Å². The number of hydrogen-bond donors (Lipinski definition) is 0. The number of furan rings is 1. The Bertz CT molecular complexity index is 1050. The van der Waals surface area contributed by atoms with Crippen molar-refractivity contribution >= 4 is 23.2 Å². The third-order valence-corrected chi connectivity index (χ3v) is 5.20. The van der Waals surface area contributed by atoms with Crippen LogP contribution in [0.3, 0.4) is 0 Å². The van der Waals surface area contributed by atoms with E-state index in [0.717, 1.165) is 22.6 Å². The van der Waals surface area contributed by atoms with Crippen molar-refractivity contribution < 1.29 is 18.8 Å². The molecule has 2 aromatic carbocycles. The molecule has 1 unspecified atom stereocenters. The first-order valence-electron chi connectivity index (χ1n) is 9.57. The van der Waals surface area contributed by atoms with Crippen LogP contribution in [0.25, 0.3) is 0 Å². The van der Waals surface area contributed by atoms with Gasteiger partial charge in [-0.05, 0) is 35.9 Å². The van der Waals surface area contributed by atoms with Crippen molar-refractivity contribution in [1.29, 1.82) is 0 Å². The molecule has 0 aliphatic carbocycles. The molecular weight excluding hydrogens is 404 g/mol. The van der Waals surface area contributed by atoms with Gasteiger partial charge in [0, 0.05) is 23.6 Å². The molecule has 0 spiro atoms. The van der Waals surface area contributed by atoms with E-state index in [4.69, 9.17) is 25.6 Å². The molecule has 2 heterocycles. The van der Waals surface area contributed by atoms with Crippen molar-refractivity contribution in [3.8, 4) is 5.75 Å². The van der Waals surface area contributed by atoms with Crippen LogP contribution in [-0.2, 0) is 11.4 Å². The first-order chi connectivity index (χ1) is 14.6. The largest absolute Gasteiger partial charge is 0.497 e. The summed E-state index contributed by atoms with van der Waals surface area (Å²) in [6.45, 7) is 0.742. The lowest BCUT2D eigenvalue weighted by Crippen LogP contribution is -2.37. The van der Waals surface area contributed by atoms with E-state index in [1.165, 1.54) is 6.26 Å². The molecule has 1 amide bonds. The van der Waals surface area contributed by atoms with E-state index in [1.54, 1.807) is 24.1 Å². The third kappa shape index (κ3) is 4.49. The molecule has 0 N–H and O–H groups in total. The topological polar surface area (TPSA) is 64.3 Å². The predicted octanol–water partition coefficient (Wildman–Crippen LogP) is 4.78. The fourth-order valence-electron chi connectivity index (χ4n) is 3.39. The third-order valence-electron chi connectivity index (χ3n) is 4.87. The quantitative estimate of drug-likeness (QED) is 0.547. The summed E-state index contributed by atoms with van der Waals surface area (Å²) in [5, 5.41) is 4.83. The van der Waals surface area contributed by atoms with Crippen molar-refractivity contribution in [2.75, 3.05) is 13.7 Å². The molecular formula is C23H21ClN2O4. The summed E-state index contributed by atoms with van der Waals surface area (Å²) in [6.07, 6.45) is 1.77. The number of nitrogens with zero attached hydrogens (tertiary/aromatic N) is 2. The normalized spacial score (nSPS) is 15.4. The van der Waals surface area contributed by atoms with Crippen LogP contribution in [0.1, 0.15) is 28.1 Å². The monoisotopic (exact) mass is 424 g/mol. The van der Waals surface area contributed by atoms with Crippen LogP contribution < -0.4 is 4.74 Å². The van der Waals surface area contributed by atoms with E-state index in [9.17, 15) is 4.79 Å². The van der Waals surface area contributed by atoms with Crippen molar-refractivity contribution in [2.24, 2.45) is 5.16 Å². The Morgan fingerprint density at radius 2 is 2.07 bits per heavy atom. The van der Waals surface area contributed by atoms with Gasteiger partial charge >= 0.3 is 0 Å². The summed E-state index contributed by atoms with van der Waals surface area (Å²) in [7, 11) is 1.62. The number of methoxy groups -OCH3 is 1. The molecule has 0 radical (unpaired) electrons. The van der Waals surface area contributed by atoms with E-state index in [0.29, 0.717) is 24.5 Å². The molecule has 7 heteroatoms. The molecule has 1 aliphatic rings. The molecule has 0 bridgehead atoms. The van der Waals surface area contributed by atoms with Gasteiger partial charge in [-0.1, -0.05) is 47.1 Å². The van der Waals surface area contributed by atoms with E-state index < -0.39 is 0 Å². The molecule has 3 aromatic rings. The number of ether oxygens (including phenoxy) is 1. The minimum Gasteiger partial charge on any atom is -0.497 e. The number of oxime groups is 1. The lowest BCUT2D eigenvalue weighted by molar-refractivity contribution is 0.0387. The van der Waals surface area contributed by atoms with Gasteiger partial charge in [-0.15, -0.1) is 0 Å². The number of carbonyl (C=O) groups excluding carboxylic acids is 1. The van der Waals surface area contributed by atoms with E-state index >= 15 is 0 Å². The summed E-state index contributed by atoms with van der Waals surface area (Å²) in [5.74, 6) is 0.806. The van der Waals surface area contributed by atoms with Gasteiger partial charge in [0.05, 0.1) is 25.6 Å². The smallest absolute Gasteiger partial charge is 0.289 e. The number of halogens is 1. The van der Waals surface area contributed by atoms with Crippen LogP contribution in [0, 0.1) is 0 Å². The van der Waals surface area contributed by atoms with Crippen LogP contribution in [0.4, 0.5) is 0 Å². The maximum atomic E-state index is 13.0.